The number of nitrogens with zero attached hydrogens (tertiary/aromatic N) is 2. The summed E-state index contributed by atoms with van der Waals surface area (Å²) in [6.45, 7) is 4.33. The number of fused-ring (bicyclic) bond motifs is 1. The van der Waals surface area contributed by atoms with Crippen molar-refractivity contribution in [1.29, 1.82) is 0 Å². The summed E-state index contributed by atoms with van der Waals surface area (Å²) in [6, 6.07) is 12.7. The molecule has 2 atom stereocenters. The predicted molar refractivity (Wildman–Crippen MR) is 120 cm³/mol. The van der Waals surface area contributed by atoms with Gasteiger partial charge in [-0.25, -0.2) is 9.59 Å². The molecule has 0 aliphatic carbocycles. The topological polar surface area (TPSA) is 77.5 Å². The highest BCUT2D eigenvalue weighted by atomic mass is 16.6. The Hall–Kier alpha value is -3.42. The molecule has 3 rings (SSSR count). The molecule has 2 aromatic carbocycles. The van der Waals surface area contributed by atoms with Gasteiger partial charge in [-0.15, -0.1) is 0 Å². The van der Waals surface area contributed by atoms with Gasteiger partial charge in [0.05, 0.1) is 39.7 Å². The van der Waals surface area contributed by atoms with Gasteiger partial charge in [0.2, 0.25) is 0 Å². The van der Waals surface area contributed by atoms with Crippen molar-refractivity contribution < 1.29 is 28.5 Å². The van der Waals surface area contributed by atoms with Crippen molar-refractivity contribution in [3.63, 3.8) is 0 Å². The van der Waals surface area contributed by atoms with Gasteiger partial charge >= 0.3 is 12.2 Å². The van der Waals surface area contributed by atoms with Crippen molar-refractivity contribution in [3.05, 3.63) is 53.6 Å². The van der Waals surface area contributed by atoms with Gasteiger partial charge in [0.25, 0.3) is 0 Å². The lowest BCUT2D eigenvalue weighted by Crippen LogP contribution is -2.47. The molecule has 2 amide bonds. The Bertz CT molecular complexity index is 949. The molecule has 32 heavy (non-hydrogen) atoms. The molecule has 0 fully saturated rings. The SMILES string of the molecule is CCOC(=O)N(Cc1ccccc1)C1CC(C)N(C(=O)OC)c2cc(OC)c(OC)cc21. The Labute approximate surface area is 188 Å². The van der Waals surface area contributed by atoms with Crippen LogP contribution in [0.25, 0.3) is 0 Å². The zero-order valence-corrected chi connectivity index (χ0v) is 19.2. The molecule has 1 heterocycles. The lowest BCUT2D eigenvalue weighted by atomic mass is 9.90. The standard InChI is InChI=1S/C24H30N2O6/c1-6-32-23(27)25(15-17-10-8-7-9-11-17)19-12-16(2)26(24(28)31-5)20-14-22(30-4)21(29-3)13-18(19)20/h7-11,13-14,16,19H,6,12,15H2,1-5H3. The molecule has 172 valence electrons. The lowest BCUT2D eigenvalue weighted by molar-refractivity contribution is 0.0811. The van der Waals surface area contributed by atoms with Crippen LogP contribution in [-0.2, 0) is 16.0 Å². The van der Waals surface area contributed by atoms with E-state index in [0.29, 0.717) is 30.2 Å². The number of methoxy groups -OCH3 is 3. The number of rotatable bonds is 6. The number of carbonyl (C=O) groups is 2. The summed E-state index contributed by atoms with van der Waals surface area (Å²) in [7, 11) is 4.44. The number of ether oxygens (including phenoxy) is 4. The molecule has 0 aromatic heterocycles. The van der Waals surface area contributed by atoms with Gasteiger partial charge in [0, 0.05) is 24.2 Å². The second kappa shape index (κ2) is 10.3. The predicted octanol–water partition coefficient (Wildman–Crippen LogP) is 4.77. The maximum atomic E-state index is 13.1. The molecule has 0 radical (unpaired) electrons. The largest absolute Gasteiger partial charge is 0.493 e. The summed E-state index contributed by atoms with van der Waals surface area (Å²) in [5.41, 5.74) is 2.35. The minimum absolute atomic E-state index is 0.231. The van der Waals surface area contributed by atoms with Crippen molar-refractivity contribution in [1.82, 2.24) is 4.90 Å². The first kappa shape index (κ1) is 23.2. The van der Waals surface area contributed by atoms with Crippen LogP contribution >= 0.6 is 0 Å². The highest BCUT2D eigenvalue weighted by Gasteiger charge is 2.40. The molecule has 2 aromatic rings. The smallest absolute Gasteiger partial charge is 0.414 e. The highest BCUT2D eigenvalue weighted by molar-refractivity contribution is 5.91. The van der Waals surface area contributed by atoms with E-state index in [1.54, 1.807) is 29.9 Å². The monoisotopic (exact) mass is 442 g/mol. The van der Waals surface area contributed by atoms with E-state index in [1.807, 2.05) is 43.3 Å². The Morgan fingerprint density at radius 3 is 2.31 bits per heavy atom. The van der Waals surface area contributed by atoms with E-state index in [4.69, 9.17) is 18.9 Å². The fourth-order valence-electron chi connectivity index (χ4n) is 4.11. The quantitative estimate of drug-likeness (QED) is 0.641. The fourth-order valence-corrected chi connectivity index (χ4v) is 4.11. The zero-order chi connectivity index (χ0) is 23.3. The first-order chi connectivity index (χ1) is 15.4. The molecule has 8 heteroatoms. The van der Waals surface area contributed by atoms with E-state index in [2.05, 4.69) is 0 Å². The van der Waals surface area contributed by atoms with Crippen LogP contribution in [0, 0.1) is 0 Å². The summed E-state index contributed by atoms with van der Waals surface area (Å²) in [5, 5.41) is 0. The molecule has 8 nitrogen and oxygen atoms in total. The summed E-state index contributed by atoms with van der Waals surface area (Å²) < 4.78 is 21.4. The number of hydrogen-bond acceptors (Lipinski definition) is 6. The van der Waals surface area contributed by atoms with Gasteiger partial charge in [0.15, 0.2) is 11.5 Å². The Balaban J connectivity index is 2.14. The van der Waals surface area contributed by atoms with E-state index >= 15 is 0 Å². The van der Waals surface area contributed by atoms with Crippen LogP contribution in [0.2, 0.25) is 0 Å². The molecular weight excluding hydrogens is 412 g/mol. The lowest BCUT2D eigenvalue weighted by Gasteiger charge is -2.42. The molecule has 2 unspecified atom stereocenters. The van der Waals surface area contributed by atoms with Crippen LogP contribution in [0.15, 0.2) is 42.5 Å². The van der Waals surface area contributed by atoms with E-state index < -0.39 is 12.2 Å². The Kier molecular flexibility index (Phi) is 7.45. The van der Waals surface area contributed by atoms with Gasteiger partial charge in [-0.05, 0) is 31.9 Å². The van der Waals surface area contributed by atoms with Crippen LogP contribution in [-0.4, -0.2) is 51.1 Å². The highest BCUT2D eigenvalue weighted by Crippen LogP contribution is 2.46. The van der Waals surface area contributed by atoms with E-state index in [1.165, 1.54) is 14.2 Å². The molecule has 0 saturated heterocycles. The first-order valence-electron chi connectivity index (χ1n) is 10.6. The van der Waals surface area contributed by atoms with Crippen LogP contribution in [0.3, 0.4) is 0 Å². The van der Waals surface area contributed by atoms with Crippen molar-refractivity contribution in [3.8, 4) is 11.5 Å². The molecule has 0 saturated carbocycles. The minimum atomic E-state index is -0.477. The third kappa shape index (κ3) is 4.59. The fraction of sp³-hybridized carbons (Fsp3) is 0.417. The third-order valence-electron chi connectivity index (χ3n) is 5.60. The second-order valence-electron chi connectivity index (χ2n) is 7.52. The summed E-state index contributed by atoms with van der Waals surface area (Å²) in [5.74, 6) is 0.998. The van der Waals surface area contributed by atoms with Gasteiger partial charge in [-0.2, -0.15) is 0 Å². The summed E-state index contributed by atoms with van der Waals surface area (Å²) >= 11 is 0. The second-order valence-corrected chi connectivity index (χ2v) is 7.52. The number of amides is 2. The van der Waals surface area contributed by atoms with Gasteiger partial charge in [0.1, 0.15) is 0 Å². The van der Waals surface area contributed by atoms with Crippen LogP contribution in [0.5, 0.6) is 11.5 Å². The molecule has 1 aliphatic heterocycles. The van der Waals surface area contributed by atoms with Crippen molar-refractivity contribution in [2.75, 3.05) is 32.8 Å². The van der Waals surface area contributed by atoms with E-state index in [9.17, 15) is 9.59 Å². The van der Waals surface area contributed by atoms with Crippen LogP contribution < -0.4 is 14.4 Å². The van der Waals surface area contributed by atoms with Crippen LogP contribution in [0.4, 0.5) is 15.3 Å². The molecule has 0 N–H and O–H groups in total. The number of anilines is 1. The zero-order valence-electron chi connectivity index (χ0n) is 19.2. The summed E-state index contributed by atoms with van der Waals surface area (Å²) in [6.07, 6.45) is -0.389. The van der Waals surface area contributed by atoms with Gasteiger partial charge in [-0.1, -0.05) is 30.3 Å². The summed E-state index contributed by atoms with van der Waals surface area (Å²) in [4.78, 5) is 29.0. The van der Waals surface area contributed by atoms with Crippen molar-refractivity contribution in [2.24, 2.45) is 0 Å². The van der Waals surface area contributed by atoms with E-state index in [0.717, 1.165) is 11.1 Å². The normalized spacial score (nSPS) is 17.2. The first-order valence-corrected chi connectivity index (χ1v) is 10.6. The maximum absolute atomic E-state index is 13.1. The molecule has 1 aliphatic rings. The molecule has 0 spiro atoms. The van der Waals surface area contributed by atoms with Crippen molar-refractivity contribution >= 4 is 17.9 Å². The molecular formula is C24H30N2O6. The van der Waals surface area contributed by atoms with Crippen molar-refractivity contribution in [2.45, 2.75) is 38.9 Å². The Morgan fingerprint density at radius 1 is 1.06 bits per heavy atom. The third-order valence-corrected chi connectivity index (χ3v) is 5.60. The number of carbonyl (C=O) groups excluding carboxylic acids is 2. The van der Waals surface area contributed by atoms with Crippen LogP contribution in [0.1, 0.15) is 37.4 Å². The van der Waals surface area contributed by atoms with Gasteiger partial charge < -0.3 is 18.9 Å². The number of benzene rings is 2. The average molecular weight is 443 g/mol. The minimum Gasteiger partial charge on any atom is -0.493 e. The average Bonchev–Trinajstić information content (AvgIpc) is 2.81. The maximum Gasteiger partial charge on any atom is 0.414 e. The Morgan fingerprint density at radius 2 is 1.72 bits per heavy atom. The van der Waals surface area contributed by atoms with E-state index in [-0.39, 0.29) is 18.7 Å². The van der Waals surface area contributed by atoms with Gasteiger partial charge in [-0.3, -0.25) is 9.80 Å². The molecule has 0 bridgehead atoms. The number of hydrogen-bond donors (Lipinski definition) is 0.